The van der Waals surface area contributed by atoms with Crippen LogP contribution in [0.1, 0.15) is 24.4 Å². The third kappa shape index (κ3) is 3.40. The monoisotopic (exact) mass is 329 g/mol. The number of amides is 2. The average molecular weight is 329 g/mol. The summed E-state index contributed by atoms with van der Waals surface area (Å²) in [5, 5.41) is 6.08. The minimum atomic E-state index is -0.321. The second-order valence-electron chi connectivity index (χ2n) is 5.28. The van der Waals surface area contributed by atoms with Crippen molar-refractivity contribution in [1.29, 1.82) is 0 Å². The molecule has 2 aromatic heterocycles. The molecule has 0 aliphatic rings. The second kappa shape index (κ2) is 6.21. The van der Waals surface area contributed by atoms with Crippen molar-refractivity contribution in [1.82, 2.24) is 4.98 Å². The largest absolute Gasteiger partial charge is 0.459 e. The molecule has 2 N–H and O–H groups in total. The number of aromatic nitrogens is 1. The van der Waals surface area contributed by atoms with Crippen LogP contribution >= 0.6 is 11.3 Å². The highest BCUT2D eigenvalue weighted by Crippen LogP contribution is 2.28. The lowest BCUT2D eigenvalue weighted by Crippen LogP contribution is -2.17. The molecular formula is C16H15N3O3S. The van der Waals surface area contributed by atoms with E-state index in [0.29, 0.717) is 16.3 Å². The summed E-state index contributed by atoms with van der Waals surface area (Å²) in [5.74, 6) is -0.258. The van der Waals surface area contributed by atoms with E-state index in [-0.39, 0.29) is 23.5 Å². The van der Waals surface area contributed by atoms with Crippen LogP contribution in [-0.2, 0) is 4.79 Å². The molecule has 6 nitrogen and oxygen atoms in total. The fourth-order valence-electron chi connectivity index (χ4n) is 1.91. The number of carbonyl (C=O) groups excluding carboxylic acids is 2. The van der Waals surface area contributed by atoms with E-state index in [2.05, 4.69) is 15.6 Å². The van der Waals surface area contributed by atoms with Crippen molar-refractivity contribution in [3.05, 3.63) is 42.4 Å². The number of fused-ring (bicyclic) bond motifs is 1. The molecule has 7 heteroatoms. The predicted octanol–water partition coefficient (Wildman–Crippen LogP) is 3.74. The summed E-state index contributed by atoms with van der Waals surface area (Å²) in [7, 11) is 0. The Kier molecular flexibility index (Phi) is 4.12. The van der Waals surface area contributed by atoms with Crippen molar-refractivity contribution in [2.75, 3.05) is 10.6 Å². The van der Waals surface area contributed by atoms with Crippen LogP contribution in [0.3, 0.4) is 0 Å². The number of hydrogen-bond acceptors (Lipinski definition) is 5. The van der Waals surface area contributed by atoms with Gasteiger partial charge in [0.2, 0.25) is 5.91 Å². The van der Waals surface area contributed by atoms with Crippen molar-refractivity contribution in [3.63, 3.8) is 0 Å². The number of benzene rings is 1. The summed E-state index contributed by atoms with van der Waals surface area (Å²) in [6, 6.07) is 8.65. The van der Waals surface area contributed by atoms with Gasteiger partial charge in [-0.1, -0.05) is 25.2 Å². The molecule has 23 heavy (non-hydrogen) atoms. The van der Waals surface area contributed by atoms with Gasteiger partial charge < -0.3 is 15.1 Å². The molecular weight excluding hydrogens is 314 g/mol. The second-order valence-corrected chi connectivity index (χ2v) is 6.31. The van der Waals surface area contributed by atoms with E-state index in [1.165, 1.54) is 17.6 Å². The molecule has 1 aromatic carbocycles. The Labute approximate surface area is 136 Å². The van der Waals surface area contributed by atoms with Crippen molar-refractivity contribution < 1.29 is 14.0 Å². The zero-order valence-electron chi connectivity index (χ0n) is 12.6. The molecule has 0 aliphatic carbocycles. The maximum absolute atomic E-state index is 12.0. The summed E-state index contributed by atoms with van der Waals surface area (Å²) in [4.78, 5) is 28.1. The quantitative estimate of drug-likeness (QED) is 0.764. The van der Waals surface area contributed by atoms with Gasteiger partial charge >= 0.3 is 0 Å². The van der Waals surface area contributed by atoms with E-state index in [1.54, 1.807) is 24.3 Å². The molecule has 0 spiro atoms. The van der Waals surface area contributed by atoms with Crippen LogP contribution in [0.4, 0.5) is 10.8 Å². The summed E-state index contributed by atoms with van der Waals surface area (Å²) in [5.41, 5.74) is 1.33. The first-order valence-electron chi connectivity index (χ1n) is 7.09. The van der Waals surface area contributed by atoms with E-state index in [0.717, 1.165) is 4.70 Å². The summed E-state index contributed by atoms with van der Waals surface area (Å²) < 4.78 is 5.98. The maximum Gasteiger partial charge on any atom is 0.291 e. The van der Waals surface area contributed by atoms with E-state index >= 15 is 0 Å². The molecule has 0 unspecified atom stereocenters. The van der Waals surface area contributed by atoms with Gasteiger partial charge in [0.15, 0.2) is 10.9 Å². The summed E-state index contributed by atoms with van der Waals surface area (Å²) in [6.45, 7) is 3.65. The molecule has 0 aliphatic heterocycles. The van der Waals surface area contributed by atoms with Gasteiger partial charge in [-0.05, 0) is 30.3 Å². The van der Waals surface area contributed by atoms with Crippen LogP contribution in [0.2, 0.25) is 0 Å². The van der Waals surface area contributed by atoms with Gasteiger partial charge in [0.1, 0.15) is 0 Å². The van der Waals surface area contributed by atoms with Gasteiger partial charge in [0, 0.05) is 11.6 Å². The fraction of sp³-hybridized carbons (Fsp3) is 0.188. The number of carbonyl (C=O) groups is 2. The number of anilines is 2. The standard InChI is InChI=1S/C16H15N3O3S/c1-9(2)14(20)19-16-18-11-8-10(5-6-13(11)23-16)17-15(21)12-4-3-7-22-12/h3-9H,1-2H3,(H,17,21)(H,18,19,20). The zero-order valence-corrected chi connectivity index (χ0v) is 13.4. The molecule has 3 aromatic rings. The van der Waals surface area contributed by atoms with Crippen molar-refractivity contribution in [2.24, 2.45) is 5.92 Å². The minimum absolute atomic E-state index is 0.0737. The SMILES string of the molecule is CC(C)C(=O)Nc1nc2cc(NC(=O)c3ccco3)ccc2s1. The van der Waals surface area contributed by atoms with E-state index in [9.17, 15) is 9.59 Å². The predicted molar refractivity (Wildman–Crippen MR) is 89.7 cm³/mol. The zero-order chi connectivity index (χ0) is 16.4. The number of hydrogen-bond donors (Lipinski definition) is 2. The molecule has 2 amide bonds. The maximum atomic E-state index is 12.0. The molecule has 118 valence electrons. The van der Waals surface area contributed by atoms with Gasteiger partial charge in [-0.25, -0.2) is 4.98 Å². The van der Waals surface area contributed by atoms with Crippen LogP contribution in [0.5, 0.6) is 0 Å². The Balaban J connectivity index is 1.79. The van der Waals surface area contributed by atoms with Crippen molar-refractivity contribution in [3.8, 4) is 0 Å². The lowest BCUT2D eigenvalue weighted by Gasteiger charge is -2.03. The molecule has 2 heterocycles. The Morgan fingerprint density at radius 1 is 1.22 bits per heavy atom. The van der Waals surface area contributed by atoms with Gasteiger partial charge in [-0.2, -0.15) is 0 Å². The van der Waals surface area contributed by atoms with E-state index in [4.69, 9.17) is 4.42 Å². The first-order chi connectivity index (χ1) is 11.0. The smallest absolute Gasteiger partial charge is 0.291 e. The molecule has 0 atom stereocenters. The number of nitrogens with one attached hydrogen (secondary N) is 2. The Bertz CT molecular complexity index is 853. The van der Waals surface area contributed by atoms with Gasteiger partial charge in [-0.3, -0.25) is 9.59 Å². The molecule has 0 saturated heterocycles. The number of furan rings is 1. The highest BCUT2D eigenvalue weighted by molar-refractivity contribution is 7.22. The molecule has 0 saturated carbocycles. The Morgan fingerprint density at radius 2 is 2.04 bits per heavy atom. The van der Waals surface area contributed by atoms with Crippen molar-refractivity contribution in [2.45, 2.75) is 13.8 Å². The lowest BCUT2D eigenvalue weighted by atomic mass is 10.2. The van der Waals surface area contributed by atoms with Gasteiger partial charge in [-0.15, -0.1) is 0 Å². The molecule has 0 radical (unpaired) electrons. The Morgan fingerprint density at radius 3 is 2.74 bits per heavy atom. The van der Waals surface area contributed by atoms with Crippen LogP contribution in [0, 0.1) is 5.92 Å². The molecule has 3 rings (SSSR count). The fourth-order valence-corrected chi connectivity index (χ4v) is 2.76. The third-order valence-electron chi connectivity index (χ3n) is 3.14. The van der Waals surface area contributed by atoms with Crippen LogP contribution in [-0.4, -0.2) is 16.8 Å². The number of nitrogens with zero attached hydrogens (tertiary/aromatic N) is 1. The first kappa shape index (κ1) is 15.2. The van der Waals surface area contributed by atoms with Crippen LogP contribution in [0.15, 0.2) is 41.0 Å². The first-order valence-corrected chi connectivity index (χ1v) is 7.91. The Hall–Kier alpha value is -2.67. The highest BCUT2D eigenvalue weighted by Gasteiger charge is 2.12. The molecule has 0 fully saturated rings. The highest BCUT2D eigenvalue weighted by atomic mass is 32.1. The number of rotatable bonds is 4. The van der Waals surface area contributed by atoms with E-state index < -0.39 is 0 Å². The normalized spacial score (nSPS) is 10.9. The number of thiazole rings is 1. The van der Waals surface area contributed by atoms with Crippen LogP contribution in [0.25, 0.3) is 10.2 Å². The minimum Gasteiger partial charge on any atom is -0.459 e. The van der Waals surface area contributed by atoms with Gasteiger partial charge in [0.05, 0.1) is 16.5 Å². The topological polar surface area (TPSA) is 84.2 Å². The van der Waals surface area contributed by atoms with Crippen LogP contribution < -0.4 is 10.6 Å². The van der Waals surface area contributed by atoms with Crippen molar-refractivity contribution >= 4 is 44.2 Å². The third-order valence-corrected chi connectivity index (χ3v) is 4.10. The van der Waals surface area contributed by atoms with Gasteiger partial charge in [0.25, 0.3) is 5.91 Å². The molecule has 0 bridgehead atoms. The average Bonchev–Trinajstić information content (AvgIpc) is 3.15. The summed E-state index contributed by atoms with van der Waals surface area (Å²) >= 11 is 1.39. The van der Waals surface area contributed by atoms with E-state index in [1.807, 2.05) is 19.9 Å². The summed E-state index contributed by atoms with van der Waals surface area (Å²) in [6.07, 6.45) is 1.45. The lowest BCUT2D eigenvalue weighted by molar-refractivity contribution is -0.118.